The van der Waals surface area contributed by atoms with Gasteiger partial charge >= 0.3 is 5.97 Å². The number of likely N-dealkylation sites (N-methyl/N-ethyl adjacent to an activating group) is 1. The van der Waals surface area contributed by atoms with Crippen LogP contribution in [0.2, 0.25) is 0 Å². The smallest absolute Gasteiger partial charge is 0.354 e. The highest BCUT2D eigenvalue weighted by molar-refractivity contribution is 5.85. The summed E-state index contributed by atoms with van der Waals surface area (Å²) in [6.45, 7) is 2.48. The lowest BCUT2D eigenvalue weighted by molar-refractivity contribution is 0.0690. The summed E-state index contributed by atoms with van der Waals surface area (Å²) in [4.78, 5) is 24.1. The zero-order valence-corrected chi connectivity index (χ0v) is 10.9. The van der Waals surface area contributed by atoms with E-state index in [1.54, 1.807) is 6.92 Å². The van der Waals surface area contributed by atoms with Crippen molar-refractivity contribution in [1.82, 2.24) is 15.0 Å². The molecule has 0 radical (unpaired) electrons. The quantitative estimate of drug-likeness (QED) is 0.851. The molecule has 19 heavy (non-hydrogen) atoms. The van der Waals surface area contributed by atoms with Crippen molar-refractivity contribution in [3.05, 3.63) is 41.5 Å². The Morgan fingerprint density at radius 2 is 2.26 bits per heavy atom. The number of carboxylic acids is 1. The Kier molecular flexibility index (Phi) is 3.79. The second-order valence-corrected chi connectivity index (χ2v) is 4.39. The summed E-state index contributed by atoms with van der Waals surface area (Å²) in [6, 6.07) is 3.47. The highest BCUT2D eigenvalue weighted by Crippen LogP contribution is 2.10. The summed E-state index contributed by atoms with van der Waals surface area (Å²) in [5, 5.41) is 8.98. The van der Waals surface area contributed by atoms with Crippen molar-refractivity contribution in [3.63, 3.8) is 0 Å². The van der Waals surface area contributed by atoms with Gasteiger partial charge in [-0.1, -0.05) is 0 Å². The number of aromatic carboxylic acids is 1. The molecule has 0 aliphatic heterocycles. The minimum absolute atomic E-state index is 0.0241. The van der Waals surface area contributed by atoms with E-state index in [-0.39, 0.29) is 5.69 Å². The molecule has 2 N–H and O–H groups in total. The fourth-order valence-electron chi connectivity index (χ4n) is 1.74. The molecule has 0 aliphatic rings. The SMILES string of the molecule is Cc1cc(C(=O)O)nc(N(C)CCc2cc[nH]c2)n1. The fourth-order valence-corrected chi connectivity index (χ4v) is 1.74. The van der Waals surface area contributed by atoms with Crippen molar-refractivity contribution in [2.75, 3.05) is 18.5 Å². The summed E-state index contributed by atoms with van der Waals surface area (Å²) in [5.74, 6) is -0.598. The van der Waals surface area contributed by atoms with Crippen LogP contribution in [0.3, 0.4) is 0 Å². The third kappa shape index (κ3) is 3.31. The number of aromatic nitrogens is 3. The van der Waals surface area contributed by atoms with Crippen molar-refractivity contribution >= 4 is 11.9 Å². The molecule has 6 heteroatoms. The zero-order valence-electron chi connectivity index (χ0n) is 10.9. The van der Waals surface area contributed by atoms with Crippen molar-refractivity contribution in [2.45, 2.75) is 13.3 Å². The van der Waals surface area contributed by atoms with Gasteiger partial charge in [-0.25, -0.2) is 14.8 Å². The van der Waals surface area contributed by atoms with Gasteiger partial charge in [-0.05, 0) is 31.0 Å². The van der Waals surface area contributed by atoms with E-state index < -0.39 is 5.97 Å². The van der Waals surface area contributed by atoms with Crippen LogP contribution in [-0.2, 0) is 6.42 Å². The molecule has 0 saturated heterocycles. The van der Waals surface area contributed by atoms with Crippen LogP contribution < -0.4 is 4.90 Å². The molecular formula is C13H16N4O2. The average molecular weight is 260 g/mol. The Bertz CT molecular complexity index is 566. The Hall–Kier alpha value is -2.37. The molecular weight excluding hydrogens is 244 g/mol. The molecule has 0 fully saturated rings. The molecule has 0 aliphatic carbocycles. The van der Waals surface area contributed by atoms with E-state index in [1.807, 2.05) is 30.4 Å². The number of carbonyl (C=O) groups is 1. The first-order valence-corrected chi connectivity index (χ1v) is 5.98. The van der Waals surface area contributed by atoms with Gasteiger partial charge in [-0.15, -0.1) is 0 Å². The van der Waals surface area contributed by atoms with Crippen LogP contribution in [0.15, 0.2) is 24.5 Å². The average Bonchev–Trinajstić information content (AvgIpc) is 2.88. The number of aryl methyl sites for hydroxylation is 1. The Morgan fingerprint density at radius 1 is 1.47 bits per heavy atom. The summed E-state index contributed by atoms with van der Waals surface area (Å²) >= 11 is 0. The molecule has 2 rings (SSSR count). The van der Waals surface area contributed by atoms with Gasteiger partial charge < -0.3 is 15.0 Å². The summed E-state index contributed by atoms with van der Waals surface area (Å²) in [5.41, 5.74) is 1.87. The number of nitrogens with zero attached hydrogens (tertiary/aromatic N) is 3. The molecule has 6 nitrogen and oxygen atoms in total. The van der Waals surface area contributed by atoms with Gasteiger partial charge in [0, 0.05) is 31.7 Å². The van der Waals surface area contributed by atoms with Crippen LogP contribution in [0.4, 0.5) is 5.95 Å². The lowest BCUT2D eigenvalue weighted by Gasteiger charge is -2.17. The summed E-state index contributed by atoms with van der Waals surface area (Å²) < 4.78 is 0. The lowest BCUT2D eigenvalue weighted by Crippen LogP contribution is -2.23. The van der Waals surface area contributed by atoms with Crippen LogP contribution in [0, 0.1) is 6.92 Å². The molecule has 0 aromatic carbocycles. The van der Waals surface area contributed by atoms with Gasteiger partial charge in [0.2, 0.25) is 5.95 Å². The maximum atomic E-state index is 11.0. The number of hydrogen-bond acceptors (Lipinski definition) is 4. The first-order valence-electron chi connectivity index (χ1n) is 5.98. The topological polar surface area (TPSA) is 82.1 Å². The number of nitrogens with one attached hydrogen (secondary N) is 1. The van der Waals surface area contributed by atoms with Gasteiger partial charge in [-0.2, -0.15) is 0 Å². The predicted octanol–water partition coefficient (Wildman–Crippen LogP) is 1.49. The van der Waals surface area contributed by atoms with Gasteiger partial charge in [0.25, 0.3) is 0 Å². The molecule has 100 valence electrons. The highest BCUT2D eigenvalue weighted by Gasteiger charge is 2.11. The number of anilines is 1. The fraction of sp³-hybridized carbons (Fsp3) is 0.308. The lowest BCUT2D eigenvalue weighted by atomic mass is 10.2. The molecule has 0 spiro atoms. The summed E-state index contributed by atoms with van der Waals surface area (Å²) in [6.07, 6.45) is 4.66. The molecule has 2 aromatic rings. The first kappa shape index (κ1) is 13.1. The van der Waals surface area contributed by atoms with E-state index in [1.165, 1.54) is 11.6 Å². The first-order chi connectivity index (χ1) is 9.06. The summed E-state index contributed by atoms with van der Waals surface area (Å²) in [7, 11) is 1.85. The molecule has 0 unspecified atom stereocenters. The Labute approximate surface area is 111 Å². The third-order valence-electron chi connectivity index (χ3n) is 2.80. The van der Waals surface area contributed by atoms with Crippen molar-refractivity contribution < 1.29 is 9.90 Å². The van der Waals surface area contributed by atoms with Crippen molar-refractivity contribution in [3.8, 4) is 0 Å². The van der Waals surface area contributed by atoms with Crippen LogP contribution in [0.5, 0.6) is 0 Å². The van der Waals surface area contributed by atoms with Crippen molar-refractivity contribution in [2.24, 2.45) is 0 Å². The van der Waals surface area contributed by atoms with E-state index in [0.29, 0.717) is 11.6 Å². The number of H-pyrrole nitrogens is 1. The van der Waals surface area contributed by atoms with Gasteiger partial charge in [-0.3, -0.25) is 0 Å². The zero-order chi connectivity index (χ0) is 13.8. The predicted molar refractivity (Wildman–Crippen MR) is 71.5 cm³/mol. The minimum Gasteiger partial charge on any atom is -0.477 e. The molecule has 0 saturated carbocycles. The van der Waals surface area contributed by atoms with Gasteiger partial charge in [0.1, 0.15) is 0 Å². The van der Waals surface area contributed by atoms with E-state index in [2.05, 4.69) is 15.0 Å². The Morgan fingerprint density at radius 3 is 2.89 bits per heavy atom. The second kappa shape index (κ2) is 5.51. The van der Waals surface area contributed by atoms with E-state index in [9.17, 15) is 4.79 Å². The molecule has 2 aromatic heterocycles. The number of rotatable bonds is 5. The van der Waals surface area contributed by atoms with Gasteiger partial charge in [0.15, 0.2) is 5.69 Å². The normalized spacial score (nSPS) is 10.4. The monoisotopic (exact) mass is 260 g/mol. The van der Waals surface area contributed by atoms with E-state index in [0.717, 1.165) is 13.0 Å². The largest absolute Gasteiger partial charge is 0.477 e. The van der Waals surface area contributed by atoms with Crippen LogP contribution in [0.1, 0.15) is 21.7 Å². The molecule has 0 amide bonds. The maximum absolute atomic E-state index is 11.0. The van der Waals surface area contributed by atoms with E-state index in [4.69, 9.17) is 5.11 Å². The number of aromatic amines is 1. The van der Waals surface area contributed by atoms with Crippen LogP contribution >= 0.6 is 0 Å². The molecule has 0 atom stereocenters. The molecule has 2 heterocycles. The number of carboxylic acid groups (broad SMARTS) is 1. The Balaban J connectivity index is 2.09. The van der Waals surface area contributed by atoms with Crippen LogP contribution in [-0.4, -0.2) is 39.6 Å². The third-order valence-corrected chi connectivity index (χ3v) is 2.80. The highest BCUT2D eigenvalue weighted by atomic mass is 16.4. The van der Waals surface area contributed by atoms with Gasteiger partial charge in [0.05, 0.1) is 0 Å². The van der Waals surface area contributed by atoms with Crippen molar-refractivity contribution in [1.29, 1.82) is 0 Å². The minimum atomic E-state index is -1.04. The van der Waals surface area contributed by atoms with E-state index >= 15 is 0 Å². The van der Waals surface area contributed by atoms with Crippen LogP contribution in [0.25, 0.3) is 0 Å². The second-order valence-electron chi connectivity index (χ2n) is 4.39. The number of hydrogen-bond donors (Lipinski definition) is 2. The molecule has 0 bridgehead atoms. The maximum Gasteiger partial charge on any atom is 0.354 e. The standard InChI is InChI=1S/C13H16N4O2/c1-9-7-11(12(18)19)16-13(15-9)17(2)6-4-10-3-5-14-8-10/h3,5,7-8,14H,4,6H2,1-2H3,(H,18,19).